The smallest absolute Gasteiger partial charge is 0.391 e. The van der Waals surface area contributed by atoms with Gasteiger partial charge >= 0.3 is 6.18 Å². The summed E-state index contributed by atoms with van der Waals surface area (Å²) in [6, 6.07) is 1.97. The molecule has 1 aliphatic rings. The van der Waals surface area contributed by atoms with Gasteiger partial charge in [-0.15, -0.1) is 0 Å². The van der Waals surface area contributed by atoms with Crippen molar-refractivity contribution in [3.05, 3.63) is 23.9 Å². The number of β-amino-alcohol motifs (C(OH)–C–C–N with tert-alkyl or cyclic N) is 1. The van der Waals surface area contributed by atoms with Crippen molar-refractivity contribution in [1.82, 2.24) is 9.88 Å². The Hall–Kier alpha value is -1.34. The molecule has 7 heteroatoms. The van der Waals surface area contributed by atoms with Crippen LogP contribution in [0.25, 0.3) is 0 Å². The Morgan fingerprint density at radius 1 is 1.45 bits per heavy atom. The van der Waals surface area contributed by atoms with E-state index in [2.05, 4.69) is 4.98 Å². The molecule has 0 amide bonds. The first-order valence-electron chi connectivity index (χ1n) is 6.40. The number of aliphatic hydroxyl groups excluding tert-OH is 1. The van der Waals surface area contributed by atoms with Crippen molar-refractivity contribution in [3.8, 4) is 0 Å². The molecule has 0 radical (unpaired) electrons. The van der Waals surface area contributed by atoms with E-state index < -0.39 is 17.8 Å². The molecule has 1 fully saturated rings. The van der Waals surface area contributed by atoms with E-state index >= 15 is 0 Å². The van der Waals surface area contributed by atoms with Gasteiger partial charge in [0, 0.05) is 25.3 Å². The van der Waals surface area contributed by atoms with Crippen LogP contribution < -0.4 is 4.90 Å². The van der Waals surface area contributed by atoms with Gasteiger partial charge in [-0.25, -0.2) is 4.98 Å². The van der Waals surface area contributed by atoms with Crippen molar-refractivity contribution in [2.24, 2.45) is 0 Å². The second-order valence-corrected chi connectivity index (χ2v) is 5.36. The van der Waals surface area contributed by atoms with E-state index in [0.717, 1.165) is 18.3 Å². The molecule has 4 nitrogen and oxygen atoms in total. The Morgan fingerprint density at radius 3 is 2.75 bits per heavy atom. The molecule has 2 unspecified atom stereocenters. The van der Waals surface area contributed by atoms with Crippen molar-refractivity contribution in [3.63, 3.8) is 0 Å². The highest BCUT2D eigenvalue weighted by Crippen LogP contribution is 2.32. The summed E-state index contributed by atoms with van der Waals surface area (Å²) in [6.45, 7) is 0.974. The van der Waals surface area contributed by atoms with Gasteiger partial charge in [0.15, 0.2) is 0 Å². The third kappa shape index (κ3) is 3.40. The summed E-state index contributed by atoms with van der Waals surface area (Å²) in [5.74, 6) is 0.267. The van der Waals surface area contributed by atoms with E-state index in [1.165, 1.54) is 0 Å². The lowest BCUT2D eigenvalue weighted by molar-refractivity contribution is -0.137. The Morgan fingerprint density at radius 2 is 2.15 bits per heavy atom. The molecule has 0 saturated carbocycles. The summed E-state index contributed by atoms with van der Waals surface area (Å²) in [5.41, 5.74) is -0.715. The van der Waals surface area contributed by atoms with Crippen molar-refractivity contribution in [1.29, 1.82) is 0 Å². The summed E-state index contributed by atoms with van der Waals surface area (Å²) in [5, 5.41) is 9.76. The van der Waals surface area contributed by atoms with Gasteiger partial charge in [0.25, 0.3) is 0 Å². The minimum Gasteiger partial charge on any atom is -0.391 e. The molecule has 1 aliphatic heterocycles. The molecular weight excluding hydrogens is 271 g/mol. The van der Waals surface area contributed by atoms with Crippen LogP contribution in [-0.4, -0.2) is 54.3 Å². The van der Waals surface area contributed by atoms with E-state index in [0.29, 0.717) is 19.5 Å². The van der Waals surface area contributed by atoms with Crippen LogP contribution >= 0.6 is 0 Å². The van der Waals surface area contributed by atoms with Gasteiger partial charge in [0.05, 0.1) is 11.7 Å². The zero-order valence-electron chi connectivity index (χ0n) is 11.4. The minimum absolute atomic E-state index is 0.0315. The number of anilines is 1. The highest BCUT2D eigenvalue weighted by Gasteiger charge is 2.35. The summed E-state index contributed by atoms with van der Waals surface area (Å²) in [6.07, 6.45) is -3.21. The molecule has 0 aromatic carbocycles. The van der Waals surface area contributed by atoms with Crippen molar-refractivity contribution < 1.29 is 18.3 Å². The molecule has 2 heterocycles. The predicted octanol–water partition coefficient (Wildman–Crippen LogP) is 1.60. The number of alkyl halides is 3. The average molecular weight is 289 g/mol. The number of likely N-dealkylation sites (N-methyl/N-ethyl adjacent to an activating group) is 1. The Kier molecular flexibility index (Phi) is 4.19. The van der Waals surface area contributed by atoms with E-state index in [9.17, 15) is 18.3 Å². The third-order valence-corrected chi connectivity index (χ3v) is 3.34. The van der Waals surface area contributed by atoms with E-state index in [1.54, 1.807) is 4.90 Å². The summed E-state index contributed by atoms with van der Waals surface area (Å²) in [4.78, 5) is 7.72. The highest BCUT2D eigenvalue weighted by molar-refractivity contribution is 5.44. The number of nitrogens with zero attached hydrogens (tertiary/aromatic N) is 3. The summed E-state index contributed by atoms with van der Waals surface area (Å²) < 4.78 is 38.2. The Labute approximate surface area is 115 Å². The molecule has 0 aliphatic carbocycles. The Balaban J connectivity index is 2.25. The average Bonchev–Trinajstić information content (AvgIpc) is 2.68. The van der Waals surface area contributed by atoms with Gasteiger partial charge in [0.2, 0.25) is 0 Å². The molecule has 20 heavy (non-hydrogen) atoms. The quantitative estimate of drug-likeness (QED) is 0.917. The molecule has 1 N–H and O–H groups in total. The van der Waals surface area contributed by atoms with Crippen molar-refractivity contribution in [2.75, 3.05) is 32.1 Å². The normalized spacial score (nSPS) is 23.6. The van der Waals surface area contributed by atoms with Crippen LogP contribution in [0, 0.1) is 0 Å². The lowest BCUT2D eigenvalue weighted by Crippen LogP contribution is -2.38. The zero-order valence-corrected chi connectivity index (χ0v) is 11.4. The SMILES string of the molecule is CN(C)CC1CC(O)CN1c1cc(C(F)(F)F)ccn1. The fourth-order valence-corrected chi connectivity index (χ4v) is 2.52. The van der Waals surface area contributed by atoms with Crippen LogP contribution in [0.15, 0.2) is 18.3 Å². The first-order chi connectivity index (χ1) is 9.27. The number of aliphatic hydroxyl groups is 1. The lowest BCUT2D eigenvalue weighted by Gasteiger charge is -2.28. The fourth-order valence-electron chi connectivity index (χ4n) is 2.52. The van der Waals surface area contributed by atoms with Crippen LogP contribution in [0.1, 0.15) is 12.0 Å². The monoisotopic (exact) mass is 289 g/mol. The largest absolute Gasteiger partial charge is 0.416 e. The van der Waals surface area contributed by atoms with Crippen LogP contribution in [0.2, 0.25) is 0 Å². The fraction of sp³-hybridized carbons (Fsp3) is 0.615. The zero-order chi connectivity index (χ0) is 14.9. The summed E-state index contributed by atoms with van der Waals surface area (Å²) in [7, 11) is 3.78. The van der Waals surface area contributed by atoms with Gasteiger partial charge in [-0.1, -0.05) is 0 Å². The molecule has 2 rings (SSSR count). The highest BCUT2D eigenvalue weighted by atomic mass is 19.4. The molecular formula is C13H18F3N3O. The topological polar surface area (TPSA) is 39.6 Å². The van der Waals surface area contributed by atoms with Crippen molar-refractivity contribution in [2.45, 2.75) is 24.7 Å². The molecule has 0 bridgehead atoms. The minimum atomic E-state index is -4.38. The number of hydrogen-bond acceptors (Lipinski definition) is 4. The number of hydrogen-bond donors (Lipinski definition) is 1. The van der Waals surface area contributed by atoms with Gasteiger partial charge in [-0.3, -0.25) is 0 Å². The molecule has 2 atom stereocenters. The molecule has 1 aromatic rings. The van der Waals surface area contributed by atoms with Crippen LogP contribution in [-0.2, 0) is 6.18 Å². The van der Waals surface area contributed by atoms with E-state index in [4.69, 9.17) is 0 Å². The van der Waals surface area contributed by atoms with Gasteiger partial charge in [0.1, 0.15) is 5.82 Å². The lowest BCUT2D eigenvalue weighted by atomic mass is 10.2. The number of aromatic nitrogens is 1. The van der Waals surface area contributed by atoms with Crippen LogP contribution in [0.3, 0.4) is 0 Å². The second kappa shape index (κ2) is 5.57. The number of rotatable bonds is 3. The molecule has 112 valence electrons. The molecule has 1 aromatic heterocycles. The maximum Gasteiger partial charge on any atom is 0.416 e. The third-order valence-electron chi connectivity index (χ3n) is 3.34. The van der Waals surface area contributed by atoms with Crippen LogP contribution in [0.4, 0.5) is 19.0 Å². The second-order valence-electron chi connectivity index (χ2n) is 5.36. The van der Waals surface area contributed by atoms with Gasteiger partial charge in [-0.05, 0) is 32.6 Å². The van der Waals surface area contributed by atoms with E-state index in [1.807, 2.05) is 19.0 Å². The maximum absolute atomic E-state index is 12.7. The first-order valence-corrected chi connectivity index (χ1v) is 6.40. The van der Waals surface area contributed by atoms with Gasteiger partial charge < -0.3 is 14.9 Å². The maximum atomic E-state index is 12.7. The van der Waals surface area contributed by atoms with E-state index in [-0.39, 0.29) is 11.9 Å². The van der Waals surface area contributed by atoms with Crippen LogP contribution in [0.5, 0.6) is 0 Å². The van der Waals surface area contributed by atoms with Gasteiger partial charge in [-0.2, -0.15) is 13.2 Å². The number of halogens is 3. The number of pyridine rings is 1. The molecule has 0 spiro atoms. The Bertz CT molecular complexity index is 464. The van der Waals surface area contributed by atoms with Crippen molar-refractivity contribution >= 4 is 5.82 Å². The summed E-state index contributed by atoms with van der Waals surface area (Å²) >= 11 is 0. The predicted molar refractivity (Wildman–Crippen MR) is 69.6 cm³/mol. The molecule has 1 saturated heterocycles. The first kappa shape index (κ1) is 15.1. The standard InChI is InChI=1S/C13H18F3N3O/c1-18(2)7-10-6-11(20)8-19(10)12-5-9(3-4-17-12)13(14,15)16/h3-5,10-11,20H,6-8H2,1-2H3.